The van der Waals surface area contributed by atoms with Gasteiger partial charge in [0.2, 0.25) is 0 Å². The quantitative estimate of drug-likeness (QED) is 0.614. The van der Waals surface area contributed by atoms with Crippen LogP contribution in [0.4, 0.5) is 0 Å². The number of benzene rings is 1. The zero-order valence-electron chi connectivity index (χ0n) is 8.96. The third-order valence-electron chi connectivity index (χ3n) is 2.42. The average molecular weight is 191 g/mol. The zero-order valence-corrected chi connectivity index (χ0v) is 8.96. The van der Waals surface area contributed by atoms with Crippen molar-refractivity contribution in [2.75, 3.05) is 6.61 Å². The van der Waals surface area contributed by atoms with Crippen molar-refractivity contribution in [1.29, 1.82) is 0 Å². The molecular weight excluding hydrogens is 172 g/mol. The summed E-state index contributed by atoms with van der Waals surface area (Å²) in [6.07, 6.45) is 5.25. The van der Waals surface area contributed by atoms with E-state index in [0.29, 0.717) is 0 Å². The lowest BCUT2D eigenvalue weighted by molar-refractivity contribution is 0.187. The summed E-state index contributed by atoms with van der Waals surface area (Å²) in [5, 5.41) is 10.3. The number of unbranched alkanes of at least 4 members (excludes halogenated alkanes) is 1. The van der Waals surface area contributed by atoms with Crippen molar-refractivity contribution >= 4 is 0 Å². The van der Waals surface area contributed by atoms with Gasteiger partial charge in [-0.1, -0.05) is 37.6 Å². The molecule has 1 radical (unpaired) electrons. The van der Waals surface area contributed by atoms with Gasteiger partial charge in [0.1, 0.15) is 0 Å². The van der Waals surface area contributed by atoms with Crippen molar-refractivity contribution in [3.63, 3.8) is 0 Å². The number of hydrogen-bond donors (Lipinski definition) is 0. The van der Waals surface area contributed by atoms with Gasteiger partial charge >= 0.3 is 0 Å². The van der Waals surface area contributed by atoms with Gasteiger partial charge in [0.25, 0.3) is 0 Å². The Bertz CT molecular complexity index is 238. The lowest BCUT2D eigenvalue weighted by atomic mass is 10.0. The molecule has 0 unspecified atom stereocenters. The van der Waals surface area contributed by atoms with Gasteiger partial charge < -0.3 is 0 Å². The van der Waals surface area contributed by atoms with Gasteiger partial charge in [-0.25, -0.2) is 5.11 Å². The Morgan fingerprint density at radius 3 is 2.00 bits per heavy atom. The largest absolute Gasteiger partial charge is 0.237 e. The maximum absolute atomic E-state index is 10.3. The van der Waals surface area contributed by atoms with Gasteiger partial charge in [0.05, 0.1) is 6.61 Å². The second kappa shape index (κ2) is 6.61. The summed E-state index contributed by atoms with van der Waals surface area (Å²) in [4.78, 5) is 0. The van der Waals surface area contributed by atoms with Crippen LogP contribution < -0.4 is 0 Å². The first-order valence-electron chi connectivity index (χ1n) is 5.52. The molecule has 0 saturated carbocycles. The third-order valence-corrected chi connectivity index (χ3v) is 2.42. The van der Waals surface area contributed by atoms with Crippen LogP contribution in [0.1, 0.15) is 37.3 Å². The first-order valence-corrected chi connectivity index (χ1v) is 5.52. The molecule has 1 rings (SSSR count). The maximum atomic E-state index is 10.3. The van der Waals surface area contributed by atoms with Gasteiger partial charge in [-0.05, 0) is 36.8 Å². The molecule has 0 aliphatic rings. The van der Waals surface area contributed by atoms with E-state index in [2.05, 4.69) is 31.2 Å². The van der Waals surface area contributed by atoms with Crippen molar-refractivity contribution in [1.82, 2.24) is 0 Å². The summed E-state index contributed by atoms with van der Waals surface area (Å²) in [6, 6.07) is 8.79. The minimum atomic E-state index is 0.0634. The molecule has 14 heavy (non-hydrogen) atoms. The van der Waals surface area contributed by atoms with Crippen LogP contribution in [0.25, 0.3) is 0 Å². The zero-order chi connectivity index (χ0) is 10.2. The predicted octanol–water partition coefficient (Wildman–Crippen LogP) is 3.39. The summed E-state index contributed by atoms with van der Waals surface area (Å²) < 4.78 is 0. The number of aryl methyl sites for hydroxylation is 2. The van der Waals surface area contributed by atoms with Crippen molar-refractivity contribution in [3.8, 4) is 0 Å². The van der Waals surface area contributed by atoms with E-state index >= 15 is 0 Å². The molecule has 0 fully saturated rings. The summed E-state index contributed by atoms with van der Waals surface area (Å²) in [7, 11) is 0. The summed E-state index contributed by atoms with van der Waals surface area (Å²) in [5.74, 6) is 0. The molecule has 0 bridgehead atoms. The fraction of sp³-hybridized carbons (Fsp3) is 0.538. The van der Waals surface area contributed by atoms with Crippen LogP contribution in [0, 0.1) is 0 Å². The van der Waals surface area contributed by atoms with Gasteiger partial charge in [0, 0.05) is 0 Å². The van der Waals surface area contributed by atoms with Crippen LogP contribution in [0.3, 0.4) is 0 Å². The minimum absolute atomic E-state index is 0.0634. The molecule has 0 aliphatic heterocycles. The van der Waals surface area contributed by atoms with Gasteiger partial charge in [0.15, 0.2) is 0 Å². The van der Waals surface area contributed by atoms with Crippen molar-refractivity contribution in [2.24, 2.45) is 0 Å². The molecule has 1 heteroatoms. The fourth-order valence-corrected chi connectivity index (χ4v) is 1.59. The SMILES string of the molecule is CCCc1ccc(CCCC[O])cc1. The Kier molecular flexibility index (Phi) is 5.31. The van der Waals surface area contributed by atoms with Crippen molar-refractivity contribution < 1.29 is 5.11 Å². The molecule has 0 spiro atoms. The lowest BCUT2D eigenvalue weighted by Crippen LogP contribution is -1.89. The standard InChI is InChI=1S/C13H19O/c1-2-5-12-7-9-13(10-8-12)6-3-4-11-14/h7-10H,2-6,11H2,1H3. The first-order chi connectivity index (χ1) is 6.86. The fourth-order valence-electron chi connectivity index (χ4n) is 1.59. The highest BCUT2D eigenvalue weighted by Gasteiger charge is 1.94. The summed E-state index contributed by atoms with van der Waals surface area (Å²) in [5.41, 5.74) is 2.78. The highest BCUT2D eigenvalue weighted by molar-refractivity contribution is 5.22. The monoisotopic (exact) mass is 191 g/mol. The highest BCUT2D eigenvalue weighted by Crippen LogP contribution is 2.09. The van der Waals surface area contributed by atoms with E-state index in [9.17, 15) is 5.11 Å². The molecule has 0 aliphatic carbocycles. The average Bonchev–Trinajstić information content (AvgIpc) is 2.21. The van der Waals surface area contributed by atoms with E-state index in [0.717, 1.165) is 19.3 Å². The van der Waals surface area contributed by atoms with Crippen LogP contribution in [0.2, 0.25) is 0 Å². The second-order valence-electron chi connectivity index (χ2n) is 3.73. The summed E-state index contributed by atoms with van der Waals surface area (Å²) in [6.45, 7) is 2.26. The van der Waals surface area contributed by atoms with Crippen LogP contribution in [-0.2, 0) is 17.9 Å². The Hall–Kier alpha value is -0.820. The maximum Gasteiger partial charge on any atom is 0.0822 e. The van der Waals surface area contributed by atoms with Crippen LogP contribution in [-0.4, -0.2) is 6.61 Å². The Labute approximate surface area is 86.8 Å². The molecule has 0 heterocycles. The molecule has 0 saturated heterocycles. The Balaban J connectivity index is 2.38. The topological polar surface area (TPSA) is 19.9 Å². The third kappa shape index (κ3) is 3.93. The molecule has 1 aromatic carbocycles. The van der Waals surface area contributed by atoms with Gasteiger partial charge in [-0.3, -0.25) is 0 Å². The first kappa shape index (κ1) is 11.3. The van der Waals surface area contributed by atoms with E-state index in [4.69, 9.17) is 0 Å². The molecule has 0 amide bonds. The summed E-state index contributed by atoms with van der Waals surface area (Å²) >= 11 is 0. The van der Waals surface area contributed by atoms with E-state index in [1.165, 1.54) is 24.0 Å². The van der Waals surface area contributed by atoms with Gasteiger partial charge in [-0.15, -0.1) is 0 Å². The predicted molar refractivity (Wildman–Crippen MR) is 58.9 cm³/mol. The number of rotatable bonds is 6. The second-order valence-corrected chi connectivity index (χ2v) is 3.73. The minimum Gasteiger partial charge on any atom is -0.237 e. The molecule has 1 nitrogen and oxygen atoms in total. The normalized spacial score (nSPS) is 10.4. The van der Waals surface area contributed by atoms with Crippen LogP contribution in [0.5, 0.6) is 0 Å². The highest BCUT2D eigenvalue weighted by atomic mass is 16.2. The van der Waals surface area contributed by atoms with Gasteiger partial charge in [-0.2, -0.15) is 0 Å². The number of hydrogen-bond acceptors (Lipinski definition) is 0. The smallest absolute Gasteiger partial charge is 0.0822 e. The van der Waals surface area contributed by atoms with E-state index in [1.807, 2.05) is 0 Å². The molecule has 0 N–H and O–H groups in total. The molecule has 1 aromatic rings. The molecule has 0 atom stereocenters. The van der Waals surface area contributed by atoms with E-state index < -0.39 is 0 Å². The van der Waals surface area contributed by atoms with E-state index in [1.54, 1.807) is 0 Å². The van der Waals surface area contributed by atoms with Crippen LogP contribution in [0.15, 0.2) is 24.3 Å². The Morgan fingerprint density at radius 1 is 0.929 bits per heavy atom. The van der Waals surface area contributed by atoms with E-state index in [-0.39, 0.29) is 6.61 Å². The molecular formula is C13H19O. The van der Waals surface area contributed by atoms with Crippen molar-refractivity contribution in [3.05, 3.63) is 35.4 Å². The van der Waals surface area contributed by atoms with Crippen molar-refractivity contribution in [2.45, 2.75) is 39.0 Å². The molecule has 0 aromatic heterocycles. The molecule has 77 valence electrons. The Morgan fingerprint density at radius 2 is 1.50 bits per heavy atom. The lowest BCUT2D eigenvalue weighted by Gasteiger charge is -2.02. The van der Waals surface area contributed by atoms with Crippen LogP contribution >= 0.6 is 0 Å².